The van der Waals surface area contributed by atoms with E-state index in [1.54, 1.807) is 18.2 Å². The maximum atomic E-state index is 11.0. The van der Waals surface area contributed by atoms with Gasteiger partial charge < -0.3 is 15.6 Å². The van der Waals surface area contributed by atoms with E-state index in [9.17, 15) is 10.1 Å². The molecule has 0 bridgehead atoms. The van der Waals surface area contributed by atoms with Crippen LogP contribution in [0.1, 0.15) is 27.0 Å². The van der Waals surface area contributed by atoms with Crippen LogP contribution in [-0.4, -0.2) is 21.0 Å². The molecule has 134 valence electrons. The second-order valence-electron chi connectivity index (χ2n) is 5.89. The molecule has 0 radical (unpaired) electrons. The minimum atomic E-state index is -1.20. The second-order valence-corrected chi connectivity index (χ2v) is 5.89. The molecule has 0 atom stereocenters. The topological polar surface area (TPSA) is 122 Å². The van der Waals surface area contributed by atoms with Crippen molar-refractivity contribution in [3.63, 3.8) is 0 Å². The van der Waals surface area contributed by atoms with Crippen LogP contribution in [0.4, 0.5) is 5.82 Å². The molecular weight excluding hydrogens is 344 g/mol. The summed E-state index contributed by atoms with van der Waals surface area (Å²) in [6, 6.07) is 15.0. The first-order valence-corrected chi connectivity index (χ1v) is 8.06. The number of aromatic carboxylic acids is 1. The van der Waals surface area contributed by atoms with Crippen LogP contribution >= 0.6 is 0 Å². The Bertz CT molecular complexity index is 1040. The molecule has 27 heavy (non-hydrogen) atoms. The lowest BCUT2D eigenvalue weighted by atomic mass is 10.1. The quantitative estimate of drug-likeness (QED) is 0.716. The molecule has 0 aliphatic heterocycles. The van der Waals surface area contributed by atoms with Gasteiger partial charge in [0.15, 0.2) is 5.82 Å². The zero-order valence-electron chi connectivity index (χ0n) is 14.5. The molecule has 0 unspecified atom stereocenters. The van der Waals surface area contributed by atoms with Crippen LogP contribution in [0.25, 0.3) is 11.4 Å². The van der Waals surface area contributed by atoms with Gasteiger partial charge in [0.05, 0.1) is 5.56 Å². The van der Waals surface area contributed by atoms with Gasteiger partial charge in [0.25, 0.3) is 0 Å². The summed E-state index contributed by atoms with van der Waals surface area (Å²) in [5.41, 5.74) is 8.51. The number of aryl methyl sites for hydroxylation is 1. The van der Waals surface area contributed by atoms with Crippen molar-refractivity contribution in [2.75, 3.05) is 5.73 Å². The molecule has 0 amide bonds. The summed E-state index contributed by atoms with van der Waals surface area (Å²) in [7, 11) is 0. The van der Waals surface area contributed by atoms with E-state index < -0.39 is 5.97 Å². The second kappa shape index (κ2) is 7.54. The number of carbonyl (C=O) groups is 1. The number of hydrogen-bond donors (Lipinski definition) is 2. The zero-order valence-corrected chi connectivity index (χ0v) is 14.5. The van der Waals surface area contributed by atoms with Gasteiger partial charge in [0, 0.05) is 11.8 Å². The summed E-state index contributed by atoms with van der Waals surface area (Å²) in [5.74, 6) is -0.654. The Morgan fingerprint density at radius 2 is 2.00 bits per heavy atom. The highest BCUT2D eigenvalue weighted by Crippen LogP contribution is 2.26. The molecule has 0 aliphatic rings. The molecule has 2 aromatic carbocycles. The number of anilines is 1. The molecule has 7 heteroatoms. The van der Waals surface area contributed by atoms with Crippen molar-refractivity contribution in [1.29, 1.82) is 5.26 Å². The lowest BCUT2D eigenvalue weighted by molar-refractivity contribution is 0.0697. The molecule has 3 aromatic rings. The van der Waals surface area contributed by atoms with Crippen molar-refractivity contribution >= 4 is 11.8 Å². The highest BCUT2D eigenvalue weighted by molar-refractivity contribution is 5.92. The summed E-state index contributed by atoms with van der Waals surface area (Å²) < 4.78 is 5.75. The number of hydrogen-bond acceptors (Lipinski definition) is 6. The number of carboxylic acids is 1. The van der Waals surface area contributed by atoms with E-state index in [0.29, 0.717) is 23.5 Å². The first-order valence-electron chi connectivity index (χ1n) is 8.06. The molecular formula is C20H16N4O3. The van der Waals surface area contributed by atoms with E-state index in [1.807, 2.05) is 31.2 Å². The van der Waals surface area contributed by atoms with Crippen LogP contribution in [0, 0.1) is 18.3 Å². The monoisotopic (exact) mass is 360 g/mol. The Morgan fingerprint density at radius 3 is 2.63 bits per heavy atom. The Balaban J connectivity index is 1.84. The zero-order chi connectivity index (χ0) is 19.4. The van der Waals surface area contributed by atoms with Gasteiger partial charge in [0.2, 0.25) is 0 Å². The maximum Gasteiger partial charge on any atom is 0.341 e. The fourth-order valence-corrected chi connectivity index (χ4v) is 2.43. The van der Waals surface area contributed by atoms with Gasteiger partial charge in [-0.25, -0.2) is 14.8 Å². The van der Waals surface area contributed by atoms with Crippen LogP contribution in [-0.2, 0) is 6.61 Å². The summed E-state index contributed by atoms with van der Waals surface area (Å²) >= 11 is 0. The van der Waals surface area contributed by atoms with Crippen molar-refractivity contribution in [3.8, 4) is 23.2 Å². The highest BCUT2D eigenvalue weighted by Gasteiger charge is 2.13. The number of aromatic nitrogens is 2. The number of benzene rings is 2. The molecule has 3 N–H and O–H groups in total. The van der Waals surface area contributed by atoms with Crippen molar-refractivity contribution in [2.45, 2.75) is 13.5 Å². The molecule has 3 rings (SSSR count). The Morgan fingerprint density at radius 1 is 1.26 bits per heavy atom. The number of rotatable bonds is 5. The average molecular weight is 360 g/mol. The number of ether oxygens (including phenoxy) is 1. The lowest BCUT2D eigenvalue weighted by Crippen LogP contribution is -2.06. The summed E-state index contributed by atoms with van der Waals surface area (Å²) in [6.07, 6.45) is 1.15. The molecule has 7 nitrogen and oxygen atoms in total. The van der Waals surface area contributed by atoms with Gasteiger partial charge in [-0.3, -0.25) is 0 Å². The number of nitriles is 1. The maximum absolute atomic E-state index is 11.0. The minimum absolute atomic E-state index is 0.134. The lowest BCUT2D eigenvalue weighted by Gasteiger charge is -2.10. The molecule has 0 fully saturated rings. The number of nitrogens with zero attached hydrogens (tertiary/aromatic N) is 3. The molecule has 1 aromatic heterocycles. The standard InChI is InChI=1S/C20H16N4O3/c1-12-2-4-13(5-3-12)11-27-17-7-6-14(8-15(17)9-21)19-23-10-16(20(25)26)18(22)24-19/h2-8,10H,11H2,1H3,(H,25,26)(H2,22,23,24). The summed E-state index contributed by atoms with van der Waals surface area (Å²) in [4.78, 5) is 19.0. The molecule has 0 aliphatic carbocycles. The average Bonchev–Trinajstić information content (AvgIpc) is 2.67. The molecule has 0 saturated heterocycles. The Labute approximate surface area is 155 Å². The fourth-order valence-electron chi connectivity index (χ4n) is 2.43. The van der Waals surface area contributed by atoms with Crippen LogP contribution in [0.5, 0.6) is 5.75 Å². The van der Waals surface area contributed by atoms with E-state index in [1.165, 1.54) is 0 Å². The van der Waals surface area contributed by atoms with E-state index in [0.717, 1.165) is 17.3 Å². The smallest absolute Gasteiger partial charge is 0.341 e. The summed E-state index contributed by atoms with van der Waals surface area (Å²) in [6.45, 7) is 2.35. The Kier molecular flexibility index (Phi) is 4.99. The number of nitrogen functional groups attached to an aromatic ring is 1. The third kappa shape index (κ3) is 4.02. The van der Waals surface area contributed by atoms with Gasteiger partial charge in [-0.1, -0.05) is 29.8 Å². The van der Waals surface area contributed by atoms with Crippen molar-refractivity contribution in [1.82, 2.24) is 9.97 Å². The first kappa shape index (κ1) is 17.9. The first-order chi connectivity index (χ1) is 13.0. The minimum Gasteiger partial charge on any atom is -0.488 e. The van der Waals surface area contributed by atoms with Crippen molar-refractivity contribution < 1.29 is 14.6 Å². The predicted octanol–water partition coefficient (Wildman–Crippen LogP) is 3.18. The van der Waals surface area contributed by atoms with Crippen LogP contribution in [0.3, 0.4) is 0 Å². The third-order valence-corrected chi connectivity index (χ3v) is 3.92. The Hall–Kier alpha value is -3.92. The number of nitrogens with two attached hydrogens (primary N) is 1. The van der Waals surface area contributed by atoms with E-state index in [2.05, 4.69) is 16.0 Å². The normalized spacial score (nSPS) is 10.2. The highest BCUT2D eigenvalue weighted by atomic mass is 16.5. The van der Waals surface area contributed by atoms with Gasteiger partial charge in [-0.2, -0.15) is 5.26 Å². The molecule has 0 saturated carbocycles. The SMILES string of the molecule is Cc1ccc(COc2ccc(-c3ncc(C(=O)O)c(N)n3)cc2C#N)cc1. The van der Waals surface area contributed by atoms with Crippen LogP contribution in [0.2, 0.25) is 0 Å². The third-order valence-electron chi connectivity index (χ3n) is 3.92. The fraction of sp³-hybridized carbons (Fsp3) is 0.100. The molecule has 0 spiro atoms. The van der Waals surface area contributed by atoms with Crippen molar-refractivity contribution in [3.05, 3.63) is 70.9 Å². The van der Waals surface area contributed by atoms with E-state index in [4.69, 9.17) is 15.6 Å². The van der Waals surface area contributed by atoms with Gasteiger partial charge >= 0.3 is 5.97 Å². The van der Waals surface area contributed by atoms with E-state index >= 15 is 0 Å². The number of carboxylic acid groups (broad SMARTS) is 1. The van der Waals surface area contributed by atoms with E-state index in [-0.39, 0.29) is 17.2 Å². The summed E-state index contributed by atoms with van der Waals surface area (Å²) in [5, 5.41) is 18.4. The van der Waals surface area contributed by atoms with Crippen LogP contribution < -0.4 is 10.5 Å². The predicted molar refractivity (Wildman–Crippen MR) is 99.1 cm³/mol. The van der Waals surface area contributed by atoms with Gasteiger partial charge in [0.1, 0.15) is 29.8 Å². The van der Waals surface area contributed by atoms with Gasteiger partial charge in [-0.15, -0.1) is 0 Å². The largest absolute Gasteiger partial charge is 0.488 e. The van der Waals surface area contributed by atoms with Gasteiger partial charge in [-0.05, 0) is 30.7 Å². The van der Waals surface area contributed by atoms with Crippen molar-refractivity contribution in [2.24, 2.45) is 0 Å². The molecule has 1 heterocycles. The van der Waals surface area contributed by atoms with Crippen LogP contribution in [0.15, 0.2) is 48.7 Å².